The highest BCUT2D eigenvalue weighted by atomic mass is 79.9. The molecule has 0 unspecified atom stereocenters. The Morgan fingerprint density at radius 2 is 1.87 bits per heavy atom. The summed E-state index contributed by atoms with van der Waals surface area (Å²) in [5.74, 6) is 3.78. The smallest absolute Gasteiger partial charge is 0.122 e. The van der Waals surface area contributed by atoms with Gasteiger partial charge in [-0.25, -0.2) is 0 Å². The summed E-state index contributed by atoms with van der Waals surface area (Å²) >= 11 is 3.61. The molecule has 4 rings (SSSR count). The predicted molar refractivity (Wildman–Crippen MR) is 101 cm³/mol. The van der Waals surface area contributed by atoms with Gasteiger partial charge < -0.3 is 9.64 Å². The molecule has 0 aromatic heterocycles. The van der Waals surface area contributed by atoms with E-state index in [0.29, 0.717) is 5.92 Å². The van der Waals surface area contributed by atoms with Gasteiger partial charge >= 0.3 is 0 Å². The third-order valence-corrected chi connectivity index (χ3v) is 6.82. The van der Waals surface area contributed by atoms with Gasteiger partial charge in [0, 0.05) is 10.5 Å². The number of fused-ring (bicyclic) bond motifs is 2. The van der Waals surface area contributed by atoms with E-state index in [9.17, 15) is 0 Å². The number of piperidine rings is 1. The molecule has 1 aliphatic heterocycles. The maximum atomic E-state index is 5.59. The minimum absolute atomic E-state index is 0. The van der Waals surface area contributed by atoms with Crippen LogP contribution in [0.2, 0.25) is 0 Å². The monoisotopic (exact) mass is 399 g/mol. The zero-order chi connectivity index (χ0) is 15.1. The number of benzene rings is 1. The molecule has 2 aliphatic carbocycles. The summed E-state index contributed by atoms with van der Waals surface area (Å²) in [6, 6.07) is 7.34. The summed E-state index contributed by atoms with van der Waals surface area (Å²) in [6.07, 6.45) is 8.56. The van der Waals surface area contributed by atoms with E-state index in [1.807, 2.05) is 0 Å². The average molecular weight is 401 g/mol. The third kappa shape index (κ3) is 3.43. The van der Waals surface area contributed by atoms with Crippen molar-refractivity contribution in [2.75, 3.05) is 20.2 Å². The zero-order valence-corrected chi connectivity index (χ0v) is 16.2. The highest BCUT2D eigenvalue weighted by molar-refractivity contribution is 9.10. The quantitative estimate of drug-likeness (QED) is 0.687. The van der Waals surface area contributed by atoms with Crippen LogP contribution in [0.25, 0.3) is 0 Å². The SMILES string of the molecule is COc1ccc(Br)cc1C1CCN([C@@H]2C[C@H]3CC[C@H]2C3)CC1.Cl. The highest BCUT2D eigenvalue weighted by Crippen LogP contribution is 2.48. The Bertz CT molecular complexity index is 544. The lowest BCUT2D eigenvalue weighted by Crippen LogP contribution is -2.43. The van der Waals surface area contributed by atoms with Gasteiger partial charge in [0.05, 0.1) is 7.11 Å². The number of likely N-dealkylation sites (tertiary alicyclic amines) is 1. The largest absolute Gasteiger partial charge is 0.496 e. The van der Waals surface area contributed by atoms with E-state index < -0.39 is 0 Å². The van der Waals surface area contributed by atoms with Crippen LogP contribution in [-0.4, -0.2) is 31.1 Å². The van der Waals surface area contributed by atoms with E-state index in [2.05, 4.69) is 39.0 Å². The molecule has 2 saturated carbocycles. The lowest BCUT2D eigenvalue weighted by molar-refractivity contribution is 0.110. The van der Waals surface area contributed by atoms with Crippen LogP contribution in [0.3, 0.4) is 0 Å². The molecular weight excluding hydrogens is 374 g/mol. The van der Waals surface area contributed by atoms with Crippen molar-refractivity contribution in [1.82, 2.24) is 4.90 Å². The fourth-order valence-electron chi connectivity index (χ4n) is 5.22. The molecule has 2 bridgehead atoms. The second-order valence-electron chi connectivity index (χ2n) is 7.44. The van der Waals surface area contributed by atoms with Crippen LogP contribution in [0.4, 0.5) is 0 Å². The minimum Gasteiger partial charge on any atom is -0.496 e. The molecule has 23 heavy (non-hydrogen) atoms. The molecule has 1 aromatic rings. The molecule has 0 N–H and O–H groups in total. The lowest BCUT2D eigenvalue weighted by atomic mass is 9.86. The van der Waals surface area contributed by atoms with Crippen molar-refractivity contribution in [3.63, 3.8) is 0 Å². The number of rotatable bonds is 3. The van der Waals surface area contributed by atoms with Crippen molar-refractivity contribution in [2.24, 2.45) is 11.8 Å². The van der Waals surface area contributed by atoms with Gasteiger partial charge in [-0.2, -0.15) is 0 Å². The van der Waals surface area contributed by atoms with Gasteiger partial charge in [0.2, 0.25) is 0 Å². The zero-order valence-electron chi connectivity index (χ0n) is 13.8. The number of hydrogen-bond donors (Lipinski definition) is 0. The van der Waals surface area contributed by atoms with Crippen LogP contribution in [0.15, 0.2) is 22.7 Å². The van der Waals surface area contributed by atoms with Gasteiger partial charge in [-0.1, -0.05) is 22.4 Å². The second kappa shape index (κ2) is 7.33. The molecule has 1 saturated heterocycles. The van der Waals surface area contributed by atoms with Gasteiger partial charge in [0.1, 0.15) is 5.75 Å². The Hall–Kier alpha value is -0.250. The molecule has 0 radical (unpaired) electrons. The van der Waals surface area contributed by atoms with E-state index in [4.69, 9.17) is 4.74 Å². The van der Waals surface area contributed by atoms with Gasteiger partial charge in [-0.05, 0) is 86.7 Å². The summed E-state index contributed by atoms with van der Waals surface area (Å²) in [5.41, 5.74) is 1.39. The molecule has 3 aliphatic rings. The van der Waals surface area contributed by atoms with Crippen molar-refractivity contribution in [3.05, 3.63) is 28.2 Å². The van der Waals surface area contributed by atoms with E-state index in [1.165, 1.54) is 61.7 Å². The van der Waals surface area contributed by atoms with Crippen LogP contribution in [0.5, 0.6) is 5.75 Å². The fraction of sp³-hybridized carbons (Fsp3) is 0.684. The van der Waals surface area contributed by atoms with Crippen molar-refractivity contribution in [2.45, 2.75) is 50.5 Å². The van der Waals surface area contributed by atoms with E-state index in [0.717, 1.165) is 23.6 Å². The molecule has 3 atom stereocenters. The van der Waals surface area contributed by atoms with E-state index in [-0.39, 0.29) is 12.4 Å². The molecule has 128 valence electrons. The molecule has 0 amide bonds. The number of hydrogen-bond acceptors (Lipinski definition) is 2. The Morgan fingerprint density at radius 1 is 1.09 bits per heavy atom. The number of ether oxygens (including phenoxy) is 1. The molecule has 1 heterocycles. The normalized spacial score (nSPS) is 31.1. The van der Waals surface area contributed by atoms with Crippen LogP contribution in [-0.2, 0) is 0 Å². The van der Waals surface area contributed by atoms with Crippen LogP contribution >= 0.6 is 28.3 Å². The van der Waals surface area contributed by atoms with Crippen molar-refractivity contribution >= 4 is 28.3 Å². The first-order valence-electron chi connectivity index (χ1n) is 8.82. The van der Waals surface area contributed by atoms with Gasteiger partial charge in [0.25, 0.3) is 0 Å². The minimum atomic E-state index is 0. The maximum Gasteiger partial charge on any atom is 0.122 e. The fourth-order valence-corrected chi connectivity index (χ4v) is 5.60. The van der Waals surface area contributed by atoms with E-state index >= 15 is 0 Å². The molecule has 3 fully saturated rings. The van der Waals surface area contributed by atoms with Gasteiger partial charge in [-0.15, -0.1) is 12.4 Å². The van der Waals surface area contributed by atoms with Crippen molar-refractivity contribution < 1.29 is 4.74 Å². The molecule has 0 spiro atoms. The summed E-state index contributed by atoms with van der Waals surface area (Å²) < 4.78 is 6.75. The highest BCUT2D eigenvalue weighted by Gasteiger charge is 2.42. The Balaban J connectivity index is 0.00000156. The van der Waals surface area contributed by atoms with Gasteiger partial charge in [0.15, 0.2) is 0 Å². The van der Waals surface area contributed by atoms with Gasteiger partial charge in [-0.3, -0.25) is 0 Å². The number of methoxy groups -OCH3 is 1. The second-order valence-corrected chi connectivity index (χ2v) is 8.35. The summed E-state index contributed by atoms with van der Waals surface area (Å²) in [4.78, 5) is 2.81. The van der Waals surface area contributed by atoms with Crippen LogP contribution < -0.4 is 4.74 Å². The molecule has 2 nitrogen and oxygen atoms in total. The Labute approximate surface area is 154 Å². The first-order valence-corrected chi connectivity index (χ1v) is 9.61. The lowest BCUT2D eigenvalue weighted by Gasteiger charge is -2.40. The molecular formula is C19H27BrClNO. The Morgan fingerprint density at radius 3 is 2.48 bits per heavy atom. The predicted octanol–water partition coefficient (Wildman–Crippen LogP) is 5.25. The first-order chi connectivity index (χ1) is 10.7. The topological polar surface area (TPSA) is 12.5 Å². The van der Waals surface area contributed by atoms with Crippen LogP contribution in [0.1, 0.15) is 50.0 Å². The Kier molecular flexibility index (Phi) is 5.60. The van der Waals surface area contributed by atoms with E-state index in [1.54, 1.807) is 7.11 Å². The molecule has 4 heteroatoms. The number of nitrogens with zero attached hydrogens (tertiary/aromatic N) is 1. The summed E-state index contributed by atoms with van der Waals surface area (Å²) in [7, 11) is 1.79. The molecule has 1 aromatic carbocycles. The number of halogens is 2. The van der Waals surface area contributed by atoms with Crippen molar-refractivity contribution in [3.8, 4) is 5.75 Å². The standard InChI is InChI=1S/C19H26BrNO.ClH/c1-22-19-5-4-16(20)12-17(19)14-6-8-21(9-7-14)18-11-13-2-3-15(18)10-13;/h4-5,12-15,18H,2-3,6-11H2,1H3;1H/t13-,15-,18+;/m0./s1. The van der Waals surface area contributed by atoms with Crippen LogP contribution in [0, 0.1) is 11.8 Å². The van der Waals surface area contributed by atoms with Crippen molar-refractivity contribution in [1.29, 1.82) is 0 Å². The summed E-state index contributed by atoms with van der Waals surface area (Å²) in [5, 5.41) is 0. The maximum absolute atomic E-state index is 5.59. The summed E-state index contributed by atoms with van der Waals surface area (Å²) in [6.45, 7) is 2.54. The third-order valence-electron chi connectivity index (χ3n) is 6.33. The first kappa shape index (κ1) is 17.6. The average Bonchev–Trinajstić information content (AvgIpc) is 3.18.